The molecule has 5 heteroatoms. The van der Waals surface area contributed by atoms with Crippen LogP contribution in [0.5, 0.6) is 5.75 Å². The van der Waals surface area contributed by atoms with Gasteiger partial charge in [0.1, 0.15) is 11.4 Å². The van der Waals surface area contributed by atoms with Gasteiger partial charge in [-0.15, -0.1) is 0 Å². The van der Waals surface area contributed by atoms with E-state index in [9.17, 15) is 4.79 Å². The zero-order valence-corrected chi connectivity index (χ0v) is 12.6. The van der Waals surface area contributed by atoms with Gasteiger partial charge in [0.05, 0.1) is 6.20 Å². The van der Waals surface area contributed by atoms with Crippen LogP contribution in [0.4, 0.5) is 0 Å². The number of unbranched alkanes of at least 4 members (excludes halogenated alkanes) is 1. The topological polar surface area (TPSA) is 65.5 Å². The molecule has 0 radical (unpaired) electrons. The van der Waals surface area contributed by atoms with Crippen LogP contribution in [0.15, 0.2) is 18.3 Å². The normalized spacial score (nSPS) is 16.4. The number of carbonyl (C=O) groups excluding carboxylic acids is 1. The van der Waals surface area contributed by atoms with E-state index in [1.54, 1.807) is 0 Å². The molecule has 1 fully saturated rings. The Morgan fingerprint density at radius 3 is 2.62 bits per heavy atom. The molecule has 1 saturated heterocycles. The lowest BCUT2D eigenvalue weighted by atomic mass is 10.2. The van der Waals surface area contributed by atoms with Crippen LogP contribution in [0.2, 0.25) is 0 Å². The summed E-state index contributed by atoms with van der Waals surface area (Å²) in [5.41, 5.74) is 0.348. The van der Waals surface area contributed by atoms with E-state index < -0.39 is 0 Å². The molecule has 1 aliphatic rings. The van der Waals surface area contributed by atoms with Gasteiger partial charge in [0.2, 0.25) is 0 Å². The Kier molecular flexibility index (Phi) is 6.47. The van der Waals surface area contributed by atoms with Crippen molar-refractivity contribution in [3.63, 3.8) is 0 Å². The lowest BCUT2D eigenvalue weighted by Crippen LogP contribution is -2.28. The summed E-state index contributed by atoms with van der Waals surface area (Å²) >= 11 is 0. The van der Waals surface area contributed by atoms with Crippen molar-refractivity contribution in [1.29, 1.82) is 0 Å². The van der Waals surface area contributed by atoms with E-state index in [0.717, 1.165) is 19.4 Å². The molecule has 0 saturated carbocycles. The molecule has 5 nitrogen and oxygen atoms in total. The maximum Gasteiger partial charge on any atom is 0.269 e. The number of rotatable bonds is 6. The highest BCUT2D eigenvalue weighted by atomic mass is 16.3. The third kappa shape index (κ3) is 5.71. The van der Waals surface area contributed by atoms with Crippen molar-refractivity contribution >= 4 is 5.91 Å². The van der Waals surface area contributed by atoms with Gasteiger partial charge in [-0.05, 0) is 57.5 Å². The minimum Gasteiger partial charge on any atom is -0.506 e. The van der Waals surface area contributed by atoms with E-state index in [4.69, 9.17) is 5.11 Å². The largest absolute Gasteiger partial charge is 0.506 e. The monoisotopic (exact) mass is 291 g/mol. The van der Waals surface area contributed by atoms with Gasteiger partial charge in [-0.25, -0.2) is 4.98 Å². The average Bonchev–Trinajstić information content (AvgIpc) is 2.76. The van der Waals surface area contributed by atoms with Gasteiger partial charge < -0.3 is 15.3 Å². The van der Waals surface area contributed by atoms with Crippen LogP contribution < -0.4 is 5.32 Å². The summed E-state index contributed by atoms with van der Waals surface area (Å²) in [7, 11) is 0. The number of nitrogens with one attached hydrogen (secondary N) is 1. The molecule has 2 rings (SSSR count). The summed E-state index contributed by atoms with van der Waals surface area (Å²) in [5, 5.41) is 12.0. The van der Waals surface area contributed by atoms with Crippen LogP contribution in [0, 0.1) is 0 Å². The van der Waals surface area contributed by atoms with Crippen LogP contribution >= 0.6 is 0 Å². The smallest absolute Gasteiger partial charge is 0.269 e. The van der Waals surface area contributed by atoms with E-state index in [1.807, 2.05) is 0 Å². The number of hydrogen-bond donors (Lipinski definition) is 2. The molecule has 1 aliphatic heterocycles. The minimum atomic E-state index is -0.176. The Morgan fingerprint density at radius 1 is 1.19 bits per heavy atom. The number of aromatic hydroxyl groups is 1. The van der Waals surface area contributed by atoms with E-state index in [2.05, 4.69) is 15.2 Å². The number of hydrogen-bond acceptors (Lipinski definition) is 4. The summed E-state index contributed by atoms with van der Waals surface area (Å²) in [5.74, 6) is -0.103. The number of amides is 1. The Hall–Kier alpha value is -1.62. The molecule has 0 spiro atoms. The molecule has 1 amide bonds. The number of aromatic nitrogens is 1. The molecule has 1 aromatic heterocycles. The maximum atomic E-state index is 11.8. The van der Waals surface area contributed by atoms with Crippen molar-refractivity contribution < 1.29 is 9.90 Å². The summed E-state index contributed by atoms with van der Waals surface area (Å²) in [6.45, 7) is 4.26. The molecule has 0 aromatic carbocycles. The van der Waals surface area contributed by atoms with Crippen LogP contribution in [0.3, 0.4) is 0 Å². The fourth-order valence-electron chi connectivity index (χ4n) is 2.63. The predicted octanol–water partition coefficient (Wildman–Crippen LogP) is 2.17. The van der Waals surface area contributed by atoms with Gasteiger partial charge in [0, 0.05) is 6.54 Å². The summed E-state index contributed by atoms with van der Waals surface area (Å²) in [6.07, 6.45) is 8.77. The Bertz CT molecular complexity index is 426. The fourth-order valence-corrected chi connectivity index (χ4v) is 2.63. The second-order valence-corrected chi connectivity index (χ2v) is 5.62. The molecular formula is C16H25N3O2. The number of pyridine rings is 1. The van der Waals surface area contributed by atoms with Crippen LogP contribution in [-0.2, 0) is 0 Å². The molecule has 0 bridgehead atoms. The maximum absolute atomic E-state index is 11.8. The van der Waals surface area contributed by atoms with Gasteiger partial charge in [0.15, 0.2) is 0 Å². The number of carbonyl (C=O) groups is 1. The molecule has 0 aliphatic carbocycles. The van der Waals surface area contributed by atoms with Gasteiger partial charge in [-0.1, -0.05) is 12.8 Å². The van der Waals surface area contributed by atoms with Gasteiger partial charge in [-0.3, -0.25) is 4.79 Å². The van der Waals surface area contributed by atoms with E-state index in [-0.39, 0.29) is 11.7 Å². The summed E-state index contributed by atoms with van der Waals surface area (Å²) in [6, 6.07) is 3.00. The highest BCUT2D eigenvalue weighted by Crippen LogP contribution is 2.10. The number of nitrogens with zero attached hydrogens (tertiary/aromatic N) is 2. The zero-order chi connectivity index (χ0) is 14.9. The standard InChI is InChI=1S/C16H25N3O2/c20-14-7-8-15(18-13-14)16(21)17-9-3-6-12-19-10-4-1-2-5-11-19/h7-8,13,20H,1-6,9-12H2,(H,17,21). The van der Waals surface area contributed by atoms with Crippen molar-refractivity contribution in [1.82, 2.24) is 15.2 Å². The van der Waals surface area contributed by atoms with E-state index >= 15 is 0 Å². The van der Waals surface area contributed by atoms with E-state index in [1.165, 1.54) is 57.1 Å². The molecule has 0 atom stereocenters. The molecular weight excluding hydrogens is 266 g/mol. The second kappa shape index (κ2) is 8.62. The first kappa shape index (κ1) is 15.8. The second-order valence-electron chi connectivity index (χ2n) is 5.62. The Balaban J connectivity index is 1.58. The Labute approximate surface area is 126 Å². The van der Waals surface area contributed by atoms with Crippen molar-refractivity contribution in [3.8, 4) is 5.75 Å². The summed E-state index contributed by atoms with van der Waals surface area (Å²) in [4.78, 5) is 18.2. The lowest BCUT2D eigenvalue weighted by molar-refractivity contribution is 0.0947. The SMILES string of the molecule is O=C(NCCCCN1CCCCCC1)c1ccc(O)cn1. The van der Waals surface area contributed by atoms with Crippen molar-refractivity contribution in [2.45, 2.75) is 38.5 Å². The molecule has 0 unspecified atom stereocenters. The third-order valence-electron chi connectivity index (χ3n) is 3.87. The number of likely N-dealkylation sites (tertiary alicyclic amines) is 1. The molecule has 21 heavy (non-hydrogen) atoms. The van der Waals surface area contributed by atoms with Gasteiger partial charge in [0.25, 0.3) is 5.91 Å². The lowest BCUT2D eigenvalue weighted by Gasteiger charge is -2.19. The first-order chi connectivity index (χ1) is 10.3. The fraction of sp³-hybridized carbons (Fsp3) is 0.625. The molecule has 116 valence electrons. The highest BCUT2D eigenvalue weighted by Gasteiger charge is 2.09. The average molecular weight is 291 g/mol. The van der Waals surface area contributed by atoms with Crippen molar-refractivity contribution in [2.24, 2.45) is 0 Å². The molecule has 2 N–H and O–H groups in total. The van der Waals surface area contributed by atoms with Crippen LogP contribution in [-0.4, -0.2) is 47.1 Å². The van der Waals surface area contributed by atoms with Gasteiger partial charge in [-0.2, -0.15) is 0 Å². The van der Waals surface area contributed by atoms with Gasteiger partial charge >= 0.3 is 0 Å². The Morgan fingerprint density at radius 2 is 1.95 bits per heavy atom. The quantitative estimate of drug-likeness (QED) is 0.788. The van der Waals surface area contributed by atoms with E-state index in [0.29, 0.717) is 12.2 Å². The molecule has 1 aromatic rings. The van der Waals surface area contributed by atoms with Crippen LogP contribution in [0.25, 0.3) is 0 Å². The third-order valence-corrected chi connectivity index (χ3v) is 3.87. The molecule has 2 heterocycles. The van der Waals surface area contributed by atoms with Crippen molar-refractivity contribution in [2.75, 3.05) is 26.2 Å². The van der Waals surface area contributed by atoms with Crippen molar-refractivity contribution in [3.05, 3.63) is 24.0 Å². The first-order valence-electron chi connectivity index (χ1n) is 7.91. The minimum absolute atomic E-state index is 0.0731. The highest BCUT2D eigenvalue weighted by molar-refractivity contribution is 5.92. The predicted molar refractivity (Wildman–Crippen MR) is 82.4 cm³/mol. The summed E-state index contributed by atoms with van der Waals surface area (Å²) < 4.78 is 0. The van der Waals surface area contributed by atoms with Crippen LogP contribution in [0.1, 0.15) is 49.0 Å². The first-order valence-corrected chi connectivity index (χ1v) is 7.91. The zero-order valence-electron chi connectivity index (χ0n) is 12.6.